The first-order valence-electron chi connectivity index (χ1n) is 4.34. The molecule has 76 valence electrons. The van der Waals surface area contributed by atoms with Gasteiger partial charge in [-0.25, -0.2) is 4.79 Å². The summed E-state index contributed by atoms with van der Waals surface area (Å²) in [5.74, 6) is -2.37. The molecule has 0 aromatic carbocycles. The molecule has 4 nitrogen and oxygen atoms in total. The molecule has 2 aliphatic carbocycles. The van der Waals surface area contributed by atoms with Crippen LogP contribution in [0, 0.1) is 5.41 Å². The van der Waals surface area contributed by atoms with Gasteiger partial charge in [-0.15, -0.1) is 0 Å². The molecule has 2 rings (SSSR count). The Balaban J connectivity index is 2.60. The first kappa shape index (κ1) is 9.45. The van der Waals surface area contributed by atoms with E-state index < -0.39 is 17.4 Å². The van der Waals surface area contributed by atoms with Crippen molar-refractivity contribution in [1.29, 1.82) is 0 Å². The SMILES string of the molecule is O=C(O)C1=CC=C2C=CC=CC21C(=O)O. The van der Waals surface area contributed by atoms with Gasteiger partial charge in [0.2, 0.25) is 0 Å². The second kappa shape index (κ2) is 2.95. The highest BCUT2D eigenvalue weighted by molar-refractivity contribution is 6.03. The zero-order chi connectivity index (χ0) is 11.1. The highest BCUT2D eigenvalue weighted by atomic mass is 16.4. The minimum Gasteiger partial charge on any atom is -0.480 e. The summed E-state index contributed by atoms with van der Waals surface area (Å²) < 4.78 is 0. The number of carboxylic acid groups (broad SMARTS) is 2. The normalized spacial score (nSPS) is 26.9. The lowest BCUT2D eigenvalue weighted by molar-refractivity contribution is -0.145. The fourth-order valence-corrected chi connectivity index (χ4v) is 1.87. The van der Waals surface area contributed by atoms with Gasteiger partial charge in [-0.3, -0.25) is 4.79 Å². The van der Waals surface area contributed by atoms with E-state index in [9.17, 15) is 14.7 Å². The van der Waals surface area contributed by atoms with Crippen molar-refractivity contribution >= 4 is 11.9 Å². The van der Waals surface area contributed by atoms with Crippen molar-refractivity contribution in [3.8, 4) is 0 Å². The minimum atomic E-state index is -1.50. The Morgan fingerprint density at radius 3 is 2.47 bits per heavy atom. The molecule has 0 fully saturated rings. The third kappa shape index (κ3) is 1.08. The molecule has 0 aromatic rings. The molecule has 0 heterocycles. The van der Waals surface area contributed by atoms with Crippen LogP contribution in [0.15, 0.2) is 47.6 Å². The van der Waals surface area contributed by atoms with Gasteiger partial charge >= 0.3 is 11.9 Å². The van der Waals surface area contributed by atoms with Gasteiger partial charge in [0.15, 0.2) is 0 Å². The summed E-state index contributed by atoms with van der Waals surface area (Å²) in [5.41, 5.74) is -1.14. The van der Waals surface area contributed by atoms with Crippen LogP contribution in [0.4, 0.5) is 0 Å². The van der Waals surface area contributed by atoms with E-state index in [2.05, 4.69) is 0 Å². The number of aliphatic carboxylic acids is 2. The van der Waals surface area contributed by atoms with E-state index in [4.69, 9.17) is 5.11 Å². The Bertz CT molecular complexity index is 465. The predicted octanol–water partition coefficient (Wildman–Crippen LogP) is 1.13. The number of carboxylic acids is 2. The van der Waals surface area contributed by atoms with Gasteiger partial charge in [-0.05, 0) is 11.6 Å². The van der Waals surface area contributed by atoms with E-state index in [0.717, 1.165) is 0 Å². The average molecular weight is 204 g/mol. The first-order chi connectivity index (χ1) is 7.09. The molecule has 2 N–H and O–H groups in total. The van der Waals surface area contributed by atoms with Crippen LogP contribution in [0.5, 0.6) is 0 Å². The van der Waals surface area contributed by atoms with Gasteiger partial charge in [0.1, 0.15) is 5.41 Å². The average Bonchev–Trinajstić information content (AvgIpc) is 2.57. The molecule has 2 aliphatic rings. The van der Waals surface area contributed by atoms with Crippen LogP contribution in [-0.2, 0) is 9.59 Å². The Morgan fingerprint density at radius 2 is 1.87 bits per heavy atom. The van der Waals surface area contributed by atoms with Crippen LogP contribution in [0.3, 0.4) is 0 Å². The number of rotatable bonds is 2. The molecule has 15 heavy (non-hydrogen) atoms. The third-order valence-corrected chi connectivity index (χ3v) is 2.61. The van der Waals surface area contributed by atoms with E-state index in [1.165, 1.54) is 18.2 Å². The van der Waals surface area contributed by atoms with Gasteiger partial charge < -0.3 is 10.2 Å². The zero-order valence-corrected chi connectivity index (χ0v) is 7.68. The molecule has 0 aliphatic heterocycles. The van der Waals surface area contributed by atoms with Crippen LogP contribution >= 0.6 is 0 Å². The van der Waals surface area contributed by atoms with Crippen molar-refractivity contribution in [1.82, 2.24) is 0 Å². The first-order valence-corrected chi connectivity index (χ1v) is 4.34. The molecule has 0 amide bonds. The maximum atomic E-state index is 11.2. The summed E-state index contributed by atoms with van der Waals surface area (Å²) in [5, 5.41) is 18.1. The minimum absolute atomic E-state index is 0.120. The quantitative estimate of drug-likeness (QED) is 0.707. The molecule has 0 radical (unpaired) electrons. The topological polar surface area (TPSA) is 74.6 Å². The fourth-order valence-electron chi connectivity index (χ4n) is 1.87. The van der Waals surface area contributed by atoms with Crippen LogP contribution in [0.1, 0.15) is 0 Å². The monoisotopic (exact) mass is 204 g/mol. The fraction of sp³-hybridized carbons (Fsp3) is 0.0909. The van der Waals surface area contributed by atoms with Crippen molar-refractivity contribution in [3.63, 3.8) is 0 Å². The van der Waals surface area contributed by atoms with Crippen molar-refractivity contribution in [2.75, 3.05) is 0 Å². The molecule has 1 atom stereocenters. The molecule has 0 saturated heterocycles. The zero-order valence-electron chi connectivity index (χ0n) is 7.68. The van der Waals surface area contributed by atoms with Crippen molar-refractivity contribution in [3.05, 3.63) is 47.6 Å². The van der Waals surface area contributed by atoms with Gasteiger partial charge in [0.05, 0.1) is 5.57 Å². The molecular weight excluding hydrogens is 196 g/mol. The molecule has 4 heteroatoms. The number of fused-ring (bicyclic) bond motifs is 1. The van der Waals surface area contributed by atoms with E-state index in [1.54, 1.807) is 18.2 Å². The Labute approximate surface area is 85.5 Å². The maximum absolute atomic E-state index is 11.2. The second-order valence-corrected chi connectivity index (χ2v) is 3.34. The van der Waals surface area contributed by atoms with E-state index in [1.807, 2.05) is 0 Å². The summed E-state index contributed by atoms with van der Waals surface area (Å²) in [6.07, 6.45) is 9.11. The number of carbonyl (C=O) groups is 2. The predicted molar refractivity (Wildman–Crippen MR) is 52.2 cm³/mol. The van der Waals surface area contributed by atoms with Gasteiger partial charge in [-0.1, -0.05) is 30.4 Å². The largest absolute Gasteiger partial charge is 0.480 e. The Morgan fingerprint density at radius 1 is 1.13 bits per heavy atom. The van der Waals surface area contributed by atoms with Gasteiger partial charge in [-0.2, -0.15) is 0 Å². The Hall–Kier alpha value is -2.10. The number of hydrogen-bond acceptors (Lipinski definition) is 2. The van der Waals surface area contributed by atoms with Crippen LogP contribution < -0.4 is 0 Å². The van der Waals surface area contributed by atoms with E-state index in [-0.39, 0.29) is 5.57 Å². The Kier molecular flexibility index (Phi) is 1.86. The summed E-state index contributed by atoms with van der Waals surface area (Å²) in [7, 11) is 0. The summed E-state index contributed by atoms with van der Waals surface area (Å²) >= 11 is 0. The standard InChI is InChI=1S/C11H8O4/c12-9(13)8-5-4-7-3-1-2-6-11(7,8)10(14)15/h1-6H,(H,12,13)(H,14,15). The summed E-state index contributed by atoms with van der Waals surface area (Å²) in [6.45, 7) is 0. The van der Waals surface area contributed by atoms with Crippen LogP contribution in [0.2, 0.25) is 0 Å². The lowest BCUT2D eigenvalue weighted by Crippen LogP contribution is -2.34. The maximum Gasteiger partial charge on any atom is 0.333 e. The lowest BCUT2D eigenvalue weighted by atomic mass is 9.74. The molecule has 0 bridgehead atoms. The molecule has 0 spiro atoms. The van der Waals surface area contributed by atoms with Crippen molar-refractivity contribution in [2.45, 2.75) is 0 Å². The number of allylic oxidation sites excluding steroid dienone is 5. The number of hydrogen-bond donors (Lipinski definition) is 2. The molecule has 1 unspecified atom stereocenters. The van der Waals surface area contributed by atoms with Crippen molar-refractivity contribution < 1.29 is 19.8 Å². The van der Waals surface area contributed by atoms with Crippen LogP contribution in [-0.4, -0.2) is 22.2 Å². The smallest absolute Gasteiger partial charge is 0.333 e. The summed E-state index contributed by atoms with van der Waals surface area (Å²) in [6, 6.07) is 0. The van der Waals surface area contributed by atoms with Crippen molar-refractivity contribution in [2.24, 2.45) is 5.41 Å². The second-order valence-electron chi connectivity index (χ2n) is 3.34. The van der Waals surface area contributed by atoms with E-state index in [0.29, 0.717) is 5.57 Å². The summed E-state index contributed by atoms with van der Waals surface area (Å²) in [4.78, 5) is 22.2. The van der Waals surface area contributed by atoms with Gasteiger partial charge in [0, 0.05) is 0 Å². The molecular formula is C11H8O4. The molecule has 0 saturated carbocycles. The highest BCUT2D eigenvalue weighted by Crippen LogP contribution is 2.44. The van der Waals surface area contributed by atoms with Gasteiger partial charge in [0.25, 0.3) is 0 Å². The van der Waals surface area contributed by atoms with Crippen LogP contribution in [0.25, 0.3) is 0 Å². The highest BCUT2D eigenvalue weighted by Gasteiger charge is 2.48. The molecule has 0 aromatic heterocycles. The third-order valence-electron chi connectivity index (χ3n) is 2.61. The van der Waals surface area contributed by atoms with E-state index >= 15 is 0 Å². The lowest BCUT2D eigenvalue weighted by Gasteiger charge is -2.26.